The number of hydrogen-bond donors (Lipinski definition) is 1. The molecule has 1 N–H and O–H groups in total. The number of rotatable bonds is 11. The van der Waals surface area contributed by atoms with Crippen LogP contribution < -0.4 is 10.1 Å². The van der Waals surface area contributed by atoms with Crippen LogP contribution >= 0.6 is 0 Å². The van der Waals surface area contributed by atoms with Crippen LogP contribution in [0.1, 0.15) is 58.8 Å². The van der Waals surface area contributed by atoms with Crippen molar-refractivity contribution in [3.05, 3.63) is 36.4 Å². The number of piperidine rings is 1. The van der Waals surface area contributed by atoms with Gasteiger partial charge in [0.1, 0.15) is 22.2 Å². The summed E-state index contributed by atoms with van der Waals surface area (Å²) in [6.07, 6.45) is 3.32. The van der Waals surface area contributed by atoms with Crippen LogP contribution in [0.15, 0.2) is 41.3 Å². The standard InChI is InChI=1S/C31H42N4O7S/c1-5-42-30(38)34-16-12-23(13-17-34)21(2)10-11-22(3)29(37)35-19-24(18-25(35)28(36)33-31(20-32)14-15-31)43(39,40)27-9-7-6-8-26(27)41-4/h6-9,22-25H,2,5,10-19H2,1,3-4H3,(H,33,36)/t22?,24-,25+/m1/s1. The molecule has 3 atom stereocenters. The van der Waals surface area contributed by atoms with Crippen molar-refractivity contribution in [2.24, 2.45) is 11.8 Å². The summed E-state index contributed by atoms with van der Waals surface area (Å²) < 4.78 is 37.8. The van der Waals surface area contributed by atoms with Gasteiger partial charge in [-0.1, -0.05) is 31.2 Å². The number of ether oxygens (including phenoxy) is 2. The van der Waals surface area contributed by atoms with Crippen molar-refractivity contribution >= 4 is 27.7 Å². The van der Waals surface area contributed by atoms with Crippen molar-refractivity contribution in [1.82, 2.24) is 15.1 Å². The molecular weight excluding hydrogens is 572 g/mol. The number of hydrogen-bond acceptors (Lipinski definition) is 8. The summed E-state index contributed by atoms with van der Waals surface area (Å²) >= 11 is 0. The van der Waals surface area contributed by atoms with Gasteiger partial charge in [0.15, 0.2) is 9.84 Å². The van der Waals surface area contributed by atoms with Gasteiger partial charge in [-0.3, -0.25) is 9.59 Å². The third-order valence-electron chi connectivity index (χ3n) is 8.91. The molecule has 2 saturated heterocycles. The Morgan fingerprint density at radius 3 is 2.49 bits per heavy atom. The normalized spacial score (nSPS) is 22.3. The van der Waals surface area contributed by atoms with Crippen molar-refractivity contribution in [1.29, 1.82) is 5.26 Å². The van der Waals surface area contributed by atoms with E-state index in [1.165, 1.54) is 18.1 Å². The number of sulfone groups is 1. The first kappa shape index (κ1) is 32.3. The van der Waals surface area contributed by atoms with E-state index in [4.69, 9.17) is 9.47 Å². The van der Waals surface area contributed by atoms with Crippen LogP contribution in [0.2, 0.25) is 0 Å². The molecule has 2 aliphatic heterocycles. The van der Waals surface area contributed by atoms with Crippen LogP contribution in [0, 0.1) is 23.2 Å². The summed E-state index contributed by atoms with van der Waals surface area (Å²) in [5, 5.41) is 11.3. The molecule has 3 amide bonds. The maximum Gasteiger partial charge on any atom is 0.409 e. The number of nitrogens with zero attached hydrogens (tertiary/aromatic N) is 3. The quantitative estimate of drug-likeness (QED) is 0.373. The van der Waals surface area contributed by atoms with E-state index in [0.29, 0.717) is 45.4 Å². The Bertz CT molecular complexity index is 1380. The molecule has 0 radical (unpaired) electrons. The molecular formula is C31H42N4O7S. The second-order valence-corrected chi connectivity index (χ2v) is 14.0. The topological polar surface area (TPSA) is 146 Å². The Morgan fingerprint density at radius 1 is 1.21 bits per heavy atom. The minimum absolute atomic E-state index is 0.0185. The smallest absolute Gasteiger partial charge is 0.409 e. The van der Waals surface area contributed by atoms with Crippen molar-refractivity contribution in [2.45, 2.75) is 80.5 Å². The third-order valence-corrected chi connectivity index (χ3v) is 11.1. The van der Waals surface area contributed by atoms with Crippen LogP contribution in [0.5, 0.6) is 5.75 Å². The Hall–Kier alpha value is -3.59. The minimum atomic E-state index is -3.94. The zero-order valence-corrected chi connectivity index (χ0v) is 26.0. The highest BCUT2D eigenvalue weighted by Gasteiger charge is 2.51. The fourth-order valence-corrected chi connectivity index (χ4v) is 7.81. The van der Waals surface area contributed by atoms with Gasteiger partial charge in [-0.2, -0.15) is 5.26 Å². The lowest BCUT2D eigenvalue weighted by Gasteiger charge is -2.32. The third kappa shape index (κ3) is 7.15. The van der Waals surface area contributed by atoms with Gasteiger partial charge < -0.3 is 24.6 Å². The average Bonchev–Trinajstić information content (AvgIpc) is 3.63. The number of benzene rings is 1. The van der Waals surface area contributed by atoms with Crippen molar-refractivity contribution < 1.29 is 32.3 Å². The number of carbonyl (C=O) groups is 3. The van der Waals surface area contributed by atoms with Gasteiger partial charge in [0.2, 0.25) is 11.8 Å². The second kappa shape index (κ2) is 13.4. The summed E-state index contributed by atoms with van der Waals surface area (Å²) in [5.74, 6) is -0.853. The molecule has 1 aliphatic carbocycles. The fourth-order valence-electron chi connectivity index (χ4n) is 5.95. The second-order valence-electron chi connectivity index (χ2n) is 11.8. The van der Waals surface area contributed by atoms with E-state index in [2.05, 4.69) is 18.0 Å². The van der Waals surface area contributed by atoms with Gasteiger partial charge >= 0.3 is 6.09 Å². The molecule has 2 heterocycles. The number of para-hydroxylation sites is 1. The number of nitrogens with one attached hydrogen (secondary N) is 1. The maximum atomic E-state index is 13.8. The lowest BCUT2D eigenvalue weighted by Crippen LogP contribution is -2.50. The van der Waals surface area contributed by atoms with E-state index in [9.17, 15) is 28.1 Å². The highest BCUT2D eigenvalue weighted by atomic mass is 32.2. The molecule has 4 rings (SSSR count). The molecule has 0 bridgehead atoms. The highest BCUT2D eigenvalue weighted by Crippen LogP contribution is 2.37. The zero-order chi connectivity index (χ0) is 31.4. The molecule has 11 nitrogen and oxygen atoms in total. The first-order valence-electron chi connectivity index (χ1n) is 15.0. The van der Waals surface area contributed by atoms with Gasteiger partial charge in [0.25, 0.3) is 0 Å². The van der Waals surface area contributed by atoms with Crippen molar-refractivity contribution in [2.75, 3.05) is 33.4 Å². The Labute approximate surface area is 254 Å². The average molecular weight is 615 g/mol. The number of carbonyl (C=O) groups excluding carboxylic acids is 3. The van der Waals surface area contributed by atoms with E-state index in [1.54, 1.807) is 36.9 Å². The number of methoxy groups -OCH3 is 1. The minimum Gasteiger partial charge on any atom is -0.495 e. The van der Waals surface area contributed by atoms with Gasteiger partial charge in [0, 0.05) is 25.6 Å². The monoisotopic (exact) mass is 614 g/mol. The first-order valence-corrected chi connectivity index (χ1v) is 16.5. The summed E-state index contributed by atoms with van der Waals surface area (Å²) in [7, 11) is -2.55. The predicted molar refractivity (Wildman–Crippen MR) is 159 cm³/mol. The molecule has 3 aliphatic rings. The molecule has 234 valence electrons. The van der Waals surface area contributed by atoms with E-state index >= 15 is 0 Å². The van der Waals surface area contributed by atoms with E-state index in [0.717, 1.165) is 18.4 Å². The lowest BCUT2D eigenvalue weighted by molar-refractivity contribution is -0.141. The molecule has 1 saturated carbocycles. The van der Waals surface area contributed by atoms with Crippen molar-refractivity contribution in [3.63, 3.8) is 0 Å². The van der Waals surface area contributed by atoms with Crippen LogP contribution in [-0.4, -0.2) is 86.3 Å². The molecule has 0 spiro atoms. The molecule has 1 aromatic rings. The molecule has 1 unspecified atom stereocenters. The molecule has 1 aromatic carbocycles. The Kier molecular flexibility index (Phi) is 10.1. The van der Waals surface area contributed by atoms with Gasteiger partial charge in [-0.15, -0.1) is 0 Å². The Morgan fingerprint density at radius 2 is 1.88 bits per heavy atom. The number of amides is 3. The van der Waals surface area contributed by atoms with Crippen LogP contribution in [0.4, 0.5) is 4.79 Å². The molecule has 12 heteroatoms. The molecule has 43 heavy (non-hydrogen) atoms. The summed E-state index contributed by atoms with van der Waals surface area (Å²) in [6, 6.07) is 7.43. The predicted octanol–water partition coefficient (Wildman–Crippen LogP) is 3.45. The van der Waals surface area contributed by atoms with Gasteiger partial charge in [0.05, 0.1) is 25.0 Å². The number of likely N-dealkylation sites (tertiary alicyclic amines) is 2. The highest BCUT2D eigenvalue weighted by molar-refractivity contribution is 7.92. The number of nitriles is 1. The van der Waals surface area contributed by atoms with Crippen molar-refractivity contribution in [3.8, 4) is 11.8 Å². The maximum absolute atomic E-state index is 13.8. The lowest BCUT2D eigenvalue weighted by atomic mass is 9.86. The van der Waals surface area contributed by atoms with Crippen LogP contribution in [-0.2, 0) is 24.2 Å². The molecule has 0 aromatic heterocycles. The fraction of sp³-hybridized carbons (Fsp3) is 0.613. The Balaban J connectivity index is 1.43. The summed E-state index contributed by atoms with van der Waals surface area (Å²) in [4.78, 5) is 42.3. The first-order chi connectivity index (χ1) is 20.5. The van der Waals surface area contributed by atoms with Crippen LogP contribution in [0.3, 0.4) is 0 Å². The van der Waals surface area contributed by atoms with Crippen LogP contribution in [0.25, 0.3) is 0 Å². The SMILES string of the molecule is C=C(CCC(C)C(=O)N1C[C@H](S(=O)(=O)c2ccccc2OC)C[C@H]1C(=O)NC1(C#N)CC1)C1CCN(C(=O)OCC)CC1. The van der Waals surface area contributed by atoms with Gasteiger partial charge in [-0.05, 0) is 69.9 Å². The van der Waals surface area contributed by atoms with E-state index in [1.807, 2.05) is 0 Å². The van der Waals surface area contributed by atoms with E-state index in [-0.39, 0.29) is 41.5 Å². The summed E-state index contributed by atoms with van der Waals surface area (Å²) in [6.45, 7) is 9.21. The van der Waals surface area contributed by atoms with E-state index < -0.39 is 38.5 Å². The van der Waals surface area contributed by atoms with Gasteiger partial charge in [-0.25, -0.2) is 13.2 Å². The molecule has 3 fully saturated rings. The number of allylic oxidation sites excluding steroid dienone is 1. The largest absolute Gasteiger partial charge is 0.495 e. The summed E-state index contributed by atoms with van der Waals surface area (Å²) in [5.41, 5.74) is 0.0673. The zero-order valence-electron chi connectivity index (χ0n) is 25.2.